The lowest BCUT2D eigenvalue weighted by Gasteiger charge is -1.99. The van der Waals surface area contributed by atoms with Gasteiger partial charge in [-0.05, 0) is 30.0 Å². The van der Waals surface area contributed by atoms with Crippen molar-refractivity contribution in [2.45, 2.75) is 18.9 Å². The molecule has 1 aliphatic carbocycles. The number of nitrogens with zero attached hydrogens (tertiary/aromatic N) is 1. The van der Waals surface area contributed by atoms with Crippen molar-refractivity contribution < 1.29 is 9.90 Å². The molecule has 13 heavy (non-hydrogen) atoms. The number of fused-ring (bicyclic) bond motifs is 1. The van der Waals surface area contributed by atoms with Crippen molar-refractivity contribution in [3.8, 4) is 5.75 Å². The highest BCUT2D eigenvalue weighted by Gasteiger charge is 2.22. The summed E-state index contributed by atoms with van der Waals surface area (Å²) in [5.41, 5.74) is 2.01. The molecule has 1 aliphatic rings. The van der Waals surface area contributed by atoms with Crippen LogP contribution in [0.1, 0.15) is 11.1 Å². The number of carbonyl (C=O) groups excluding carboxylic acids is 1. The van der Waals surface area contributed by atoms with Gasteiger partial charge in [0.1, 0.15) is 5.75 Å². The van der Waals surface area contributed by atoms with Crippen LogP contribution in [0.3, 0.4) is 0 Å². The lowest BCUT2D eigenvalue weighted by atomic mass is 10.1. The van der Waals surface area contributed by atoms with Crippen LogP contribution >= 0.6 is 0 Å². The van der Waals surface area contributed by atoms with Gasteiger partial charge in [-0.25, -0.2) is 9.79 Å². The van der Waals surface area contributed by atoms with E-state index in [1.54, 1.807) is 18.2 Å². The molecule has 0 aromatic heterocycles. The first kappa shape index (κ1) is 8.02. The molecule has 2 rings (SSSR count). The Kier molecular flexibility index (Phi) is 1.87. The smallest absolute Gasteiger partial charge is 0.235 e. The van der Waals surface area contributed by atoms with Crippen LogP contribution in [0.5, 0.6) is 5.75 Å². The summed E-state index contributed by atoms with van der Waals surface area (Å²) in [7, 11) is 0. The van der Waals surface area contributed by atoms with Gasteiger partial charge in [0.15, 0.2) is 0 Å². The summed E-state index contributed by atoms with van der Waals surface area (Å²) in [6.45, 7) is 0. The van der Waals surface area contributed by atoms with Gasteiger partial charge in [-0.1, -0.05) is 12.1 Å². The quantitative estimate of drug-likeness (QED) is 0.515. The van der Waals surface area contributed by atoms with Gasteiger partial charge >= 0.3 is 0 Å². The topological polar surface area (TPSA) is 49.7 Å². The second-order valence-electron chi connectivity index (χ2n) is 3.20. The number of phenolic OH excluding ortho intramolecular Hbond substituents is 1. The monoisotopic (exact) mass is 175 g/mol. The first-order valence-electron chi connectivity index (χ1n) is 4.18. The molecule has 0 saturated heterocycles. The molecule has 0 bridgehead atoms. The van der Waals surface area contributed by atoms with Crippen molar-refractivity contribution in [2.24, 2.45) is 4.99 Å². The minimum Gasteiger partial charge on any atom is -0.508 e. The van der Waals surface area contributed by atoms with Crippen molar-refractivity contribution in [1.82, 2.24) is 0 Å². The van der Waals surface area contributed by atoms with E-state index in [1.165, 1.54) is 0 Å². The number of benzene rings is 1. The van der Waals surface area contributed by atoms with Gasteiger partial charge < -0.3 is 5.11 Å². The zero-order chi connectivity index (χ0) is 9.26. The third kappa shape index (κ3) is 1.34. The zero-order valence-electron chi connectivity index (χ0n) is 7.03. The molecule has 0 radical (unpaired) electrons. The number of isocyanates is 1. The van der Waals surface area contributed by atoms with Gasteiger partial charge in [-0.2, -0.15) is 0 Å². The summed E-state index contributed by atoms with van der Waals surface area (Å²) >= 11 is 0. The van der Waals surface area contributed by atoms with E-state index in [0.29, 0.717) is 12.2 Å². The van der Waals surface area contributed by atoms with Crippen LogP contribution in [-0.2, 0) is 17.6 Å². The number of hydrogen-bond acceptors (Lipinski definition) is 3. The van der Waals surface area contributed by atoms with Gasteiger partial charge in [0.25, 0.3) is 0 Å². The average molecular weight is 175 g/mol. The number of aromatic hydroxyl groups is 1. The molecule has 0 heterocycles. The Labute approximate surface area is 75.7 Å². The van der Waals surface area contributed by atoms with Crippen molar-refractivity contribution >= 4 is 6.08 Å². The molecule has 1 N–H and O–H groups in total. The highest BCUT2D eigenvalue weighted by atomic mass is 16.3. The predicted octanol–water partition coefficient (Wildman–Crippen LogP) is 1.20. The molecule has 1 unspecified atom stereocenters. The van der Waals surface area contributed by atoms with E-state index < -0.39 is 0 Å². The average Bonchev–Trinajstić information content (AvgIpc) is 2.49. The number of phenols is 1. The third-order valence-corrected chi connectivity index (χ3v) is 2.38. The van der Waals surface area contributed by atoms with Crippen LogP contribution in [0.25, 0.3) is 0 Å². The molecule has 0 spiro atoms. The Hall–Kier alpha value is -1.60. The van der Waals surface area contributed by atoms with E-state index in [2.05, 4.69) is 4.99 Å². The molecule has 0 aliphatic heterocycles. The standard InChI is InChI=1S/C10H9NO2/c12-6-11-8-4-7-2-1-3-10(13)9(7)5-8/h1-3,8,13H,4-5H2. The van der Waals surface area contributed by atoms with E-state index in [9.17, 15) is 9.90 Å². The summed E-state index contributed by atoms with van der Waals surface area (Å²) in [5, 5.41) is 9.48. The fraction of sp³-hybridized carbons (Fsp3) is 0.300. The van der Waals surface area contributed by atoms with Crippen LogP contribution in [0, 0.1) is 0 Å². The second-order valence-corrected chi connectivity index (χ2v) is 3.20. The van der Waals surface area contributed by atoms with Crippen LogP contribution in [-0.4, -0.2) is 17.2 Å². The van der Waals surface area contributed by atoms with Gasteiger partial charge in [0, 0.05) is 0 Å². The maximum Gasteiger partial charge on any atom is 0.235 e. The molecular formula is C10H9NO2. The van der Waals surface area contributed by atoms with Crippen LogP contribution in [0.2, 0.25) is 0 Å². The lowest BCUT2D eigenvalue weighted by Crippen LogP contribution is -2.01. The minimum absolute atomic E-state index is 0.0270. The summed E-state index contributed by atoms with van der Waals surface area (Å²) in [6.07, 6.45) is 2.94. The zero-order valence-corrected chi connectivity index (χ0v) is 7.03. The second kappa shape index (κ2) is 3.04. The maximum absolute atomic E-state index is 10.0. The summed E-state index contributed by atoms with van der Waals surface area (Å²) in [5.74, 6) is 0.307. The SMILES string of the molecule is O=C=NC1Cc2cccc(O)c2C1. The van der Waals surface area contributed by atoms with Crippen molar-refractivity contribution in [3.63, 3.8) is 0 Å². The fourth-order valence-corrected chi connectivity index (χ4v) is 1.78. The minimum atomic E-state index is -0.0270. The highest BCUT2D eigenvalue weighted by molar-refractivity contribution is 5.45. The van der Waals surface area contributed by atoms with E-state index in [1.807, 2.05) is 6.07 Å². The van der Waals surface area contributed by atoms with E-state index in [-0.39, 0.29) is 6.04 Å². The number of aliphatic imine (C=N–C) groups is 1. The van der Waals surface area contributed by atoms with E-state index in [4.69, 9.17) is 0 Å². The van der Waals surface area contributed by atoms with Gasteiger partial charge in [-0.3, -0.25) is 0 Å². The summed E-state index contributed by atoms with van der Waals surface area (Å²) < 4.78 is 0. The van der Waals surface area contributed by atoms with Crippen molar-refractivity contribution in [2.75, 3.05) is 0 Å². The molecule has 3 nitrogen and oxygen atoms in total. The molecule has 0 amide bonds. The first-order valence-corrected chi connectivity index (χ1v) is 4.18. The molecule has 3 heteroatoms. The Balaban J connectivity index is 2.35. The Morgan fingerprint density at radius 2 is 2.31 bits per heavy atom. The van der Waals surface area contributed by atoms with Crippen LogP contribution in [0.4, 0.5) is 0 Å². The molecular weight excluding hydrogens is 166 g/mol. The fourth-order valence-electron chi connectivity index (χ4n) is 1.78. The third-order valence-electron chi connectivity index (χ3n) is 2.38. The molecule has 1 aromatic carbocycles. The molecule has 66 valence electrons. The Bertz CT molecular complexity index is 381. The molecule has 0 saturated carbocycles. The largest absolute Gasteiger partial charge is 0.508 e. The molecule has 1 atom stereocenters. The summed E-state index contributed by atoms with van der Waals surface area (Å²) in [4.78, 5) is 13.7. The number of hydrogen-bond donors (Lipinski definition) is 1. The van der Waals surface area contributed by atoms with Crippen LogP contribution < -0.4 is 0 Å². The van der Waals surface area contributed by atoms with Crippen molar-refractivity contribution in [1.29, 1.82) is 0 Å². The highest BCUT2D eigenvalue weighted by Crippen LogP contribution is 2.30. The normalized spacial score (nSPS) is 19.2. The van der Waals surface area contributed by atoms with Crippen LogP contribution in [0.15, 0.2) is 23.2 Å². The summed E-state index contributed by atoms with van der Waals surface area (Å²) in [6, 6.07) is 5.39. The van der Waals surface area contributed by atoms with Crippen molar-refractivity contribution in [3.05, 3.63) is 29.3 Å². The number of rotatable bonds is 1. The molecule has 0 fully saturated rings. The van der Waals surface area contributed by atoms with Gasteiger partial charge in [-0.15, -0.1) is 0 Å². The Morgan fingerprint density at radius 1 is 1.46 bits per heavy atom. The lowest BCUT2D eigenvalue weighted by molar-refractivity contribution is 0.468. The predicted molar refractivity (Wildman–Crippen MR) is 47.4 cm³/mol. The van der Waals surface area contributed by atoms with Gasteiger partial charge in [0.2, 0.25) is 6.08 Å². The van der Waals surface area contributed by atoms with E-state index >= 15 is 0 Å². The van der Waals surface area contributed by atoms with E-state index in [0.717, 1.165) is 17.5 Å². The van der Waals surface area contributed by atoms with Gasteiger partial charge in [0.05, 0.1) is 6.04 Å². The maximum atomic E-state index is 10.0. The first-order chi connectivity index (χ1) is 6.31. The molecule has 1 aromatic rings. The Morgan fingerprint density at radius 3 is 3.00 bits per heavy atom.